The highest BCUT2D eigenvalue weighted by molar-refractivity contribution is 7.91. The van der Waals surface area contributed by atoms with Gasteiger partial charge in [0, 0.05) is 17.6 Å². The van der Waals surface area contributed by atoms with Crippen LogP contribution in [0.5, 0.6) is 0 Å². The van der Waals surface area contributed by atoms with Crippen LogP contribution >= 0.6 is 0 Å². The first-order valence-electron chi connectivity index (χ1n) is 6.73. The van der Waals surface area contributed by atoms with E-state index in [1.165, 1.54) is 21.5 Å². The number of nitrogens with one attached hydrogen (secondary N) is 2. The Kier molecular flexibility index (Phi) is 4.73. The first-order chi connectivity index (χ1) is 9.12. The lowest BCUT2D eigenvalue weighted by molar-refractivity contribution is -0.896. The van der Waals surface area contributed by atoms with E-state index in [0.29, 0.717) is 11.5 Å². The van der Waals surface area contributed by atoms with E-state index < -0.39 is 9.84 Å². The third kappa shape index (κ3) is 3.53. The number of halogens is 1. The number of hydrogen-bond donors (Lipinski definition) is 2. The van der Waals surface area contributed by atoms with Crippen LogP contribution in [0.1, 0.15) is 5.69 Å². The van der Waals surface area contributed by atoms with Crippen LogP contribution in [0.3, 0.4) is 0 Å². The molecule has 0 unspecified atom stereocenters. The Morgan fingerprint density at radius 1 is 1.15 bits per heavy atom. The highest BCUT2D eigenvalue weighted by Gasteiger charge is 2.24. The van der Waals surface area contributed by atoms with Gasteiger partial charge in [-0.2, -0.15) is 0 Å². The highest BCUT2D eigenvalue weighted by Crippen LogP contribution is 2.14. The Balaban J connectivity index is 0.00000147. The number of benzene rings is 1. The van der Waals surface area contributed by atoms with Gasteiger partial charge in [0.25, 0.3) is 0 Å². The molecule has 110 valence electrons. The zero-order valence-electron chi connectivity index (χ0n) is 11.2. The van der Waals surface area contributed by atoms with Gasteiger partial charge in [0.15, 0.2) is 9.84 Å². The predicted molar refractivity (Wildman–Crippen MR) is 76.2 cm³/mol. The number of sulfone groups is 1. The van der Waals surface area contributed by atoms with Gasteiger partial charge in [0.1, 0.15) is 0 Å². The fourth-order valence-corrected chi connectivity index (χ4v) is 4.06. The lowest BCUT2D eigenvalue weighted by Crippen LogP contribution is -3.14. The quantitative estimate of drug-likeness (QED) is 0.636. The van der Waals surface area contributed by atoms with Crippen molar-refractivity contribution >= 4 is 20.7 Å². The molecule has 1 saturated heterocycles. The van der Waals surface area contributed by atoms with Gasteiger partial charge in [0.2, 0.25) is 0 Å². The maximum atomic E-state index is 11.4. The fraction of sp³-hybridized carbons (Fsp3) is 0.429. The second-order valence-electron chi connectivity index (χ2n) is 5.28. The van der Waals surface area contributed by atoms with Crippen LogP contribution in [0.25, 0.3) is 10.9 Å². The van der Waals surface area contributed by atoms with E-state index in [9.17, 15) is 8.42 Å². The molecule has 0 saturated carbocycles. The van der Waals surface area contributed by atoms with Crippen molar-refractivity contribution in [1.82, 2.24) is 4.98 Å². The van der Waals surface area contributed by atoms with Gasteiger partial charge in [0.05, 0.1) is 31.1 Å². The summed E-state index contributed by atoms with van der Waals surface area (Å²) in [7, 11) is -2.75. The van der Waals surface area contributed by atoms with Crippen LogP contribution in [-0.2, 0) is 16.3 Å². The van der Waals surface area contributed by atoms with Crippen molar-refractivity contribution in [3.8, 4) is 0 Å². The monoisotopic (exact) mass is 314 g/mol. The van der Waals surface area contributed by atoms with Crippen LogP contribution in [0.15, 0.2) is 30.3 Å². The number of hydrogen-bond acceptors (Lipinski definition) is 2. The molecule has 1 fully saturated rings. The minimum absolute atomic E-state index is 0. The van der Waals surface area contributed by atoms with Crippen LogP contribution in [-0.4, -0.2) is 44.5 Å². The van der Waals surface area contributed by atoms with Gasteiger partial charge >= 0.3 is 0 Å². The van der Waals surface area contributed by atoms with Crippen LogP contribution in [0.4, 0.5) is 0 Å². The summed E-state index contributed by atoms with van der Waals surface area (Å²) in [5.41, 5.74) is 2.41. The summed E-state index contributed by atoms with van der Waals surface area (Å²) in [5.74, 6) is 0.685. The topological polar surface area (TPSA) is 54.4 Å². The van der Waals surface area contributed by atoms with Crippen molar-refractivity contribution in [2.24, 2.45) is 0 Å². The molecular weight excluding hydrogens is 296 g/mol. The molecule has 1 aliphatic rings. The van der Waals surface area contributed by atoms with Gasteiger partial charge < -0.3 is 22.3 Å². The molecule has 0 amide bonds. The van der Waals surface area contributed by atoms with Gasteiger partial charge in [-0.05, 0) is 17.5 Å². The van der Waals surface area contributed by atoms with Crippen molar-refractivity contribution in [3.05, 3.63) is 36.0 Å². The largest absolute Gasteiger partial charge is 1.00 e. The molecule has 0 radical (unpaired) electrons. The Morgan fingerprint density at radius 3 is 2.55 bits per heavy atom. The minimum Gasteiger partial charge on any atom is -1.00 e. The molecule has 1 aromatic carbocycles. The molecule has 0 aliphatic carbocycles. The average molecular weight is 315 g/mol. The molecule has 3 rings (SSSR count). The SMILES string of the molecule is O=S1(=O)CC[NH+](CCc2cc3ccccc3[nH]2)CC1.[Cl-]. The molecule has 2 aromatic rings. The molecular formula is C14H19ClN2O2S. The molecule has 1 aromatic heterocycles. The Hall–Kier alpha value is -1.04. The maximum Gasteiger partial charge on any atom is 0.161 e. The average Bonchev–Trinajstić information content (AvgIpc) is 2.80. The fourth-order valence-electron chi connectivity index (χ4n) is 2.66. The molecule has 4 nitrogen and oxygen atoms in total. The maximum absolute atomic E-state index is 11.4. The molecule has 2 N–H and O–H groups in total. The summed E-state index contributed by atoms with van der Waals surface area (Å²) >= 11 is 0. The molecule has 1 aliphatic heterocycles. The Bertz CT molecular complexity index is 634. The first kappa shape index (κ1) is 15.4. The number of para-hydroxylation sites is 1. The standard InChI is InChI=1S/C14H18N2O2S.ClH/c17-19(18)9-7-16(8-10-19)6-5-13-11-12-3-1-2-4-14(12)15-13;/h1-4,11,15H,5-10H2;1H. The normalized spacial score (nSPS) is 18.8. The summed E-state index contributed by atoms with van der Waals surface area (Å²) in [6.45, 7) is 2.51. The third-order valence-corrected chi connectivity index (χ3v) is 5.52. The smallest absolute Gasteiger partial charge is 0.161 e. The Morgan fingerprint density at radius 2 is 1.85 bits per heavy atom. The Labute approximate surface area is 125 Å². The first-order valence-corrected chi connectivity index (χ1v) is 8.55. The van der Waals surface area contributed by atoms with Crippen molar-refractivity contribution < 1.29 is 25.7 Å². The number of rotatable bonds is 3. The van der Waals surface area contributed by atoms with Gasteiger partial charge in [-0.1, -0.05) is 18.2 Å². The lowest BCUT2D eigenvalue weighted by atomic mass is 10.2. The summed E-state index contributed by atoms with van der Waals surface area (Å²) in [5, 5.41) is 1.24. The van der Waals surface area contributed by atoms with Crippen molar-refractivity contribution in [1.29, 1.82) is 0 Å². The number of aromatic nitrogens is 1. The van der Waals surface area contributed by atoms with Crippen LogP contribution < -0.4 is 17.3 Å². The predicted octanol–water partition coefficient (Wildman–Crippen LogP) is -2.97. The summed E-state index contributed by atoms with van der Waals surface area (Å²) in [6.07, 6.45) is 0.976. The van der Waals surface area contributed by atoms with Crippen molar-refractivity contribution in [3.63, 3.8) is 0 Å². The van der Waals surface area contributed by atoms with Crippen molar-refractivity contribution in [2.45, 2.75) is 6.42 Å². The molecule has 20 heavy (non-hydrogen) atoms. The lowest BCUT2D eigenvalue weighted by Gasteiger charge is -2.23. The summed E-state index contributed by atoms with van der Waals surface area (Å²) < 4.78 is 22.7. The number of fused-ring (bicyclic) bond motifs is 1. The highest BCUT2D eigenvalue weighted by atomic mass is 35.5. The number of aromatic amines is 1. The molecule has 2 heterocycles. The summed E-state index contributed by atoms with van der Waals surface area (Å²) in [6, 6.07) is 10.5. The van der Waals surface area contributed by atoms with Crippen molar-refractivity contribution in [2.75, 3.05) is 31.1 Å². The zero-order valence-corrected chi connectivity index (χ0v) is 12.8. The van der Waals surface area contributed by atoms with E-state index in [1.807, 2.05) is 12.1 Å². The van der Waals surface area contributed by atoms with Gasteiger partial charge in [-0.15, -0.1) is 0 Å². The van der Waals surface area contributed by atoms with Crippen LogP contribution in [0.2, 0.25) is 0 Å². The van der Waals surface area contributed by atoms with E-state index in [-0.39, 0.29) is 12.4 Å². The molecule has 0 bridgehead atoms. The zero-order chi connectivity index (χ0) is 13.3. The number of quaternary nitrogens is 1. The molecule has 0 spiro atoms. The van der Waals surface area contributed by atoms with Gasteiger partial charge in [-0.25, -0.2) is 8.42 Å². The van der Waals surface area contributed by atoms with E-state index >= 15 is 0 Å². The van der Waals surface area contributed by atoms with E-state index in [0.717, 1.165) is 26.1 Å². The summed E-state index contributed by atoms with van der Waals surface area (Å²) in [4.78, 5) is 4.82. The van der Waals surface area contributed by atoms with E-state index in [2.05, 4.69) is 23.2 Å². The number of H-pyrrole nitrogens is 1. The second kappa shape index (κ2) is 6.16. The van der Waals surface area contributed by atoms with Crippen LogP contribution in [0, 0.1) is 0 Å². The van der Waals surface area contributed by atoms with E-state index in [4.69, 9.17) is 0 Å². The minimum atomic E-state index is -2.75. The van der Waals surface area contributed by atoms with Gasteiger partial charge in [-0.3, -0.25) is 0 Å². The molecule has 0 atom stereocenters. The second-order valence-corrected chi connectivity index (χ2v) is 7.59. The third-order valence-electron chi connectivity index (χ3n) is 3.87. The molecule has 6 heteroatoms. The van der Waals surface area contributed by atoms with E-state index in [1.54, 1.807) is 0 Å².